The molecule has 0 radical (unpaired) electrons. The van der Waals surface area contributed by atoms with Gasteiger partial charge in [0.15, 0.2) is 18.1 Å². The Morgan fingerprint density at radius 2 is 1.93 bits per heavy atom. The van der Waals surface area contributed by atoms with Crippen LogP contribution >= 0.6 is 23.2 Å². The van der Waals surface area contributed by atoms with Crippen LogP contribution in [-0.2, 0) is 9.53 Å². The number of benzene rings is 2. The number of carbonyl (C=O) groups excluding carboxylic acids is 2. The summed E-state index contributed by atoms with van der Waals surface area (Å²) in [5.41, 5.74) is 0.810. The number of nitriles is 1. The molecule has 3 rings (SSSR count). The van der Waals surface area contributed by atoms with E-state index >= 15 is 0 Å². The Hall–Kier alpha value is -2.95. The van der Waals surface area contributed by atoms with Gasteiger partial charge in [-0.25, -0.2) is 4.79 Å². The van der Waals surface area contributed by atoms with E-state index < -0.39 is 18.5 Å². The van der Waals surface area contributed by atoms with Crippen LogP contribution in [0.4, 0.5) is 5.69 Å². The van der Waals surface area contributed by atoms with Crippen molar-refractivity contribution in [3.05, 3.63) is 51.5 Å². The lowest BCUT2D eigenvalue weighted by atomic mass is 10.2. The minimum Gasteiger partial charge on any atom is -0.489 e. The van der Waals surface area contributed by atoms with Crippen LogP contribution in [0.25, 0.3) is 0 Å². The Bertz CT molecular complexity index is 972. The molecule has 0 saturated carbocycles. The molecule has 2 aromatic rings. The molecule has 144 valence electrons. The third-order valence-electron chi connectivity index (χ3n) is 3.75. The van der Waals surface area contributed by atoms with Crippen molar-refractivity contribution in [2.75, 3.05) is 25.1 Å². The number of esters is 1. The maximum atomic E-state index is 12.2. The zero-order valence-corrected chi connectivity index (χ0v) is 16.0. The van der Waals surface area contributed by atoms with Crippen molar-refractivity contribution in [3.8, 4) is 17.6 Å². The Morgan fingerprint density at radius 3 is 2.68 bits per heavy atom. The quantitative estimate of drug-likeness (QED) is 0.754. The van der Waals surface area contributed by atoms with E-state index in [0.29, 0.717) is 36.8 Å². The first-order valence-corrected chi connectivity index (χ1v) is 8.99. The normalized spacial score (nSPS) is 12.5. The van der Waals surface area contributed by atoms with E-state index in [4.69, 9.17) is 42.7 Å². The first-order chi connectivity index (χ1) is 13.5. The van der Waals surface area contributed by atoms with Crippen LogP contribution in [-0.4, -0.2) is 31.7 Å². The number of fused-ring (bicyclic) bond motifs is 1. The number of hydrogen-bond acceptors (Lipinski definition) is 6. The van der Waals surface area contributed by atoms with E-state index in [9.17, 15) is 9.59 Å². The Balaban J connectivity index is 1.61. The molecule has 1 N–H and O–H groups in total. The fraction of sp³-hybridized carbons (Fsp3) is 0.211. The van der Waals surface area contributed by atoms with Gasteiger partial charge in [-0.05, 0) is 30.3 Å². The number of ether oxygens (including phenoxy) is 3. The number of nitrogens with one attached hydrogen (secondary N) is 1. The van der Waals surface area contributed by atoms with Gasteiger partial charge in [0.25, 0.3) is 5.91 Å². The van der Waals surface area contributed by atoms with Gasteiger partial charge >= 0.3 is 5.97 Å². The molecule has 0 aliphatic carbocycles. The van der Waals surface area contributed by atoms with Crippen LogP contribution in [0.3, 0.4) is 0 Å². The number of hydrogen-bond donors (Lipinski definition) is 1. The van der Waals surface area contributed by atoms with E-state index in [2.05, 4.69) is 5.32 Å². The molecule has 0 saturated heterocycles. The standard InChI is InChI=1S/C19H14Cl2N2O5/c20-14-8-13(3-2-11(14)9-22)23-17(24)10-28-19(25)12-6-15(21)18-16(7-12)26-4-1-5-27-18/h2-3,6-8H,1,4-5,10H2,(H,23,24). The van der Waals surface area contributed by atoms with Gasteiger partial charge in [-0.3, -0.25) is 4.79 Å². The van der Waals surface area contributed by atoms with Crippen molar-refractivity contribution in [1.82, 2.24) is 0 Å². The van der Waals surface area contributed by atoms with E-state index in [1.807, 2.05) is 6.07 Å². The van der Waals surface area contributed by atoms with Gasteiger partial charge in [-0.1, -0.05) is 23.2 Å². The first kappa shape index (κ1) is 19.8. The monoisotopic (exact) mass is 420 g/mol. The molecule has 1 amide bonds. The second-order valence-corrected chi connectivity index (χ2v) is 6.58. The molecule has 0 atom stereocenters. The van der Waals surface area contributed by atoms with Gasteiger partial charge in [-0.2, -0.15) is 5.26 Å². The van der Waals surface area contributed by atoms with Crippen LogP contribution in [0.2, 0.25) is 10.0 Å². The number of nitrogens with zero attached hydrogens (tertiary/aromatic N) is 1. The van der Waals surface area contributed by atoms with E-state index in [0.717, 1.165) is 0 Å². The molecular weight excluding hydrogens is 407 g/mol. The van der Waals surface area contributed by atoms with Crippen LogP contribution in [0.5, 0.6) is 11.5 Å². The largest absolute Gasteiger partial charge is 0.489 e. The van der Waals surface area contributed by atoms with Gasteiger partial charge in [0, 0.05) is 12.1 Å². The van der Waals surface area contributed by atoms with Gasteiger partial charge in [-0.15, -0.1) is 0 Å². The van der Waals surface area contributed by atoms with Gasteiger partial charge < -0.3 is 19.5 Å². The maximum absolute atomic E-state index is 12.2. The topological polar surface area (TPSA) is 97.7 Å². The first-order valence-electron chi connectivity index (χ1n) is 8.23. The van der Waals surface area contributed by atoms with Crippen molar-refractivity contribution in [2.24, 2.45) is 0 Å². The fourth-order valence-corrected chi connectivity index (χ4v) is 2.93. The lowest BCUT2D eigenvalue weighted by molar-refractivity contribution is -0.119. The lowest BCUT2D eigenvalue weighted by Gasteiger charge is -2.11. The summed E-state index contributed by atoms with van der Waals surface area (Å²) in [7, 11) is 0. The van der Waals surface area contributed by atoms with E-state index in [1.54, 1.807) is 0 Å². The van der Waals surface area contributed by atoms with Crippen LogP contribution < -0.4 is 14.8 Å². The van der Waals surface area contributed by atoms with E-state index in [1.165, 1.54) is 30.3 Å². The summed E-state index contributed by atoms with van der Waals surface area (Å²) in [5.74, 6) is -0.556. The molecule has 1 aliphatic rings. The number of halogens is 2. The minimum absolute atomic E-state index is 0.142. The molecule has 1 heterocycles. The predicted octanol–water partition coefficient (Wildman–Crippen LogP) is 3.82. The highest BCUT2D eigenvalue weighted by Crippen LogP contribution is 2.38. The molecule has 1 aliphatic heterocycles. The molecule has 7 nitrogen and oxygen atoms in total. The lowest BCUT2D eigenvalue weighted by Crippen LogP contribution is -2.21. The zero-order chi connectivity index (χ0) is 20.1. The van der Waals surface area contributed by atoms with Crippen molar-refractivity contribution in [2.45, 2.75) is 6.42 Å². The highest BCUT2D eigenvalue weighted by molar-refractivity contribution is 6.32. The summed E-state index contributed by atoms with van der Waals surface area (Å²) < 4.78 is 16.0. The second-order valence-electron chi connectivity index (χ2n) is 5.77. The van der Waals surface area contributed by atoms with Crippen molar-refractivity contribution in [1.29, 1.82) is 5.26 Å². The average molecular weight is 421 g/mol. The van der Waals surface area contributed by atoms with Crippen LogP contribution in [0.1, 0.15) is 22.3 Å². The molecule has 0 bridgehead atoms. The van der Waals surface area contributed by atoms with Crippen molar-refractivity contribution < 1.29 is 23.8 Å². The summed E-state index contributed by atoms with van der Waals surface area (Å²) >= 11 is 12.1. The summed E-state index contributed by atoms with van der Waals surface area (Å²) in [4.78, 5) is 24.2. The predicted molar refractivity (Wildman–Crippen MR) is 102 cm³/mol. The minimum atomic E-state index is -0.731. The summed E-state index contributed by atoms with van der Waals surface area (Å²) in [6, 6.07) is 9.22. The summed E-state index contributed by atoms with van der Waals surface area (Å²) in [6.45, 7) is 0.399. The molecule has 0 unspecified atom stereocenters. The van der Waals surface area contributed by atoms with Gasteiger partial charge in [0.2, 0.25) is 0 Å². The molecule has 0 aromatic heterocycles. The van der Waals surface area contributed by atoms with E-state index in [-0.39, 0.29) is 21.2 Å². The third-order valence-corrected chi connectivity index (χ3v) is 4.34. The number of rotatable bonds is 4. The third kappa shape index (κ3) is 4.66. The van der Waals surface area contributed by atoms with Gasteiger partial charge in [0.05, 0.1) is 34.4 Å². The summed E-state index contributed by atoms with van der Waals surface area (Å²) in [6.07, 6.45) is 0.699. The average Bonchev–Trinajstić information content (AvgIpc) is 2.92. The molecular formula is C19H14Cl2N2O5. The molecule has 2 aromatic carbocycles. The number of amides is 1. The molecule has 0 spiro atoms. The Morgan fingerprint density at radius 1 is 1.14 bits per heavy atom. The number of anilines is 1. The molecule has 9 heteroatoms. The van der Waals surface area contributed by atoms with Crippen molar-refractivity contribution >= 4 is 40.8 Å². The number of carbonyl (C=O) groups is 2. The highest BCUT2D eigenvalue weighted by Gasteiger charge is 2.20. The van der Waals surface area contributed by atoms with Crippen LogP contribution in [0, 0.1) is 11.3 Å². The fourth-order valence-electron chi connectivity index (χ4n) is 2.44. The molecule has 0 fully saturated rings. The Labute approximate surface area is 170 Å². The summed E-state index contributed by atoms with van der Waals surface area (Å²) in [5, 5.41) is 11.8. The van der Waals surface area contributed by atoms with Crippen molar-refractivity contribution in [3.63, 3.8) is 0 Å². The SMILES string of the molecule is N#Cc1ccc(NC(=O)COC(=O)c2cc(Cl)c3c(c2)OCCCO3)cc1Cl. The smallest absolute Gasteiger partial charge is 0.338 e. The van der Waals surface area contributed by atoms with Gasteiger partial charge in [0.1, 0.15) is 6.07 Å². The Kier molecular flexibility index (Phi) is 6.24. The zero-order valence-electron chi connectivity index (χ0n) is 14.5. The second kappa shape index (κ2) is 8.83. The maximum Gasteiger partial charge on any atom is 0.338 e. The molecule has 28 heavy (non-hydrogen) atoms. The highest BCUT2D eigenvalue weighted by atomic mass is 35.5. The van der Waals surface area contributed by atoms with Crippen LogP contribution in [0.15, 0.2) is 30.3 Å².